The van der Waals surface area contributed by atoms with E-state index in [1.807, 2.05) is 0 Å². The second-order valence-corrected chi connectivity index (χ2v) is 6.34. The standard InChI is InChI=1S/C13H24N2O2/c1-12(2)6-3-5-10(12)15-11(16)14-9-13(17)7-4-8-13/h10,17H,3-9H2,1-2H3,(H2,14,15,16). The predicted molar refractivity (Wildman–Crippen MR) is 66.8 cm³/mol. The molecule has 4 nitrogen and oxygen atoms in total. The van der Waals surface area contributed by atoms with Gasteiger partial charge >= 0.3 is 6.03 Å². The van der Waals surface area contributed by atoms with Crippen molar-refractivity contribution in [1.29, 1.82) is 0 Å². The first-order valence-electron chi connectivity index (χ1n) is 6.68. The van der Waals surface area contributed by atoms with Gasteiger partial charge in [-0.1, -0.05) is 20.3 Å². The molecular weight excluding hydrogens is 216 g/mol. The highest BCUT2D eigenvalue weighted by Crippen LogP contribution is 2.37. The smallest absolute Gasteiger partial charge is 0.315 e. The minimum atomic E-state index is -0.636. The van der Waals surface area contributed by atoms with Gasteiger partial charge in [-0.2, -0.15) is 0 Å². The number of urea groups is 1. The molecule has 4 heteroatoms. The normalized spacial score (nSPS) is 29.5. The summed E-state index contributed by atoms with van der Waals surface area (Å²) in [4.78, 5) is 11.7. The highest BCUT2D eigenvalue weighted by atomic mass is 16.3. The third-order valence-electron chi connectivity index (χ3n) is 4.42. The summed E-state index contributed by atoms with van der Waals surface area (Å²) in [6, 6.07) is 0.129. The average molecular weight is 240 g/mol. The highest BCUT2D eigenvalue weighted by Gasteiger charge is 2.37. The molecule has 0 saturated heterocycles. The first kappa shape index (κ1) is 12.7. The lowest BCUT2D eigenvalue weighted by Gasteiger charge is -2.37. The third-order valence-corrected chi connectivity index (χ3v) is 4.42. The van der Waals surface area contributed by atoms with Crippen LogP contribution in [0.4, 0.5) is 4.79 Å². The summed E-state index contributed by atoms with van der Waals surface area (Å²) < 4.78 is 0. The fourth-order valence-corrected chi connectivity index (χ4v) is 2.81. The molecule has 2 saturated carbocycles. The maximum Gasteiger partial charge on any atom is 0.315 e. The Labute approximate surface area is 103 Å². The van der Waals surface area contributed by atoms with Crippen LogP contribution in [0.2, 0.25) is 0 Å². The Bertz CT molecular complexity index is 298. The second-order valence-electron chi connectivity index (χ2n) is 6.34. The molecule has 17 heavy (non-hydrogen) atoms. The molecule has 0 radical (unpaired) electrons. The van der Waals surface area contributed by atoms with Crippen LogP contribution < -0.4 is 10.6 Å². The highest BCUT2D eigenvalue weighted by molar-refractivity contribution is 5.74. The Morgan fingerprint density at radius 3 is 2.47 bits per heavy atom. The van der Waals surface area contributed by atoms with Crippen molar-refractivity contribution in [2.75, 3.05) is 6.54 Å². The number of amides is 2. The van der Waals surface area contributed by atoms with E-state index in [1.54, 1.807) is 0 Å². The molecular formula is C13H24N2O2. The van der Waals surface area contributed by atoms with Gasteiger partial charge in [-0.25, -0.2) is 4.79 Å². The monoisotopic (exact) mass is 240 g/mol. The Kier molecular flexibility index (Phi) is 3.34. The van der Waals surface area contributed by atoms with Crippen LogP contribution in [0.15, 0.2) is 0 Å². The molecule has 2 aliphatic rings. The summed E-state index contributed by atoms with van der Waals surface area (Å²) in [6.45, 7) is 4.78. The molecule has 0 heterocycles. The lowest BCUT2D eigenvalue weighted by atomic mass is 9.80. The van der Waals surface area contributed by atoms with Crippen LogP contribution >= 0.6 is 0 Å². The lowest BCUT2D eigenvalue weighted by molar-refractivity contribution is -0.0291. The largest absolute Gasteiger partial charge is 0.388 e. The van der Waals surface area contributed by atoms with E-state index in [0.29, 0.717) is 6.54 Å². The Morgan fingerprint density at radius 2 is 2.00 bits per heavy atom. The van der Waals surface area contributed by atoms with Gasteiger partial charge in [-0.05, 0) is 37.5 Å². The van der Waals surface area contributed by atoms with Crippen LogP contribution in [0.3, 0.4) is 0 Å². The maximum atomic E-state index is 11.7. The van der Waals surface area contributed by atoms with Crippen LogP contribution in [0.25, 0.3) is 0 Å². The fraction of sp³-hybridized carbons (Fsp3) is 0.923. The third kappa shape index (κ3) is 2.92. The minimum Gasteiger partial charge on any atom is -0.388 e. The Morgan fingerprint density at radius 1 is 1.29 bits per heavy atom. The first-order chi connectivity index (χ1) is 7.91. The summed E-state index contributed by atoms with van der Waals surface area (Å²) in [5.74, 6) is 0. The predicted octanol–water partition coefficient (Wildman–Crippen LogP) is 1.78. The van der Waals surface area contributed by atoms with Crippen LogP contribution in [-0.2, 0) is 0 Å². The number of hydrogen-bond acceptors (Lipinski definition) is 2. The van der Waals surface area contributed by atoms with Gasteiger partial charge in [-0.15, -0.1) is 0 Å². The van der Waals surface area contributed by atoms with Crippen LogP contribution in [-0.4, -0.2) is 29.3 Å². The van der Waals surface area contributed by atoms with E-state index in [4.69, 9.17) is 0 Å². The van der Waals surface area contributed by atoms with Crippen LogP contribution in [0, 0.1) is 5.41 Å². The van der Waals surface area contributed by atoms with E-state index in [0.717, 1.165) is 25.7 Å². The SMILES string of the molecule is CC1(C)CCCC1NC(=O)NCC1(O)CCC1. The van der Waals surface area contributed by atoms with Crippen molar-refractivity contribution >= 4 is 6.03 Å². The van der Waals surface area contributed by atoms with E-state index < -0.39 is 5.60 Å². The zero-order valence-electron chi connectivity index (χ0n) is 10.9. The van der Waals surface area contributed by atoms with Gasteiger partial charge in [0.15, 0.2) is 0 Å². The summed E-state index contributed by atoms with van der Waals surface area (Å²) in [5.41, 5.74) is -0.437. The summed E-state index contributed by atoms with van der Waals surface area (Å²) in [5, 5.41) is 15.7. The van der Waals surface area contributed by atoms with Crippen LogP contribution in [0.5, 0.6) is 0 Å². The molecule has 2 aliphatic carbocycles. The minimum absolute atomic E-state index is 0.134. The topological polar surface area (TPSA) is 61.4 Å². The number of hydrogen-bond donors (Lipinski definition) is 3. The van der Waals surface area contributed by atoms with Crippen molar-refractivity contribution in [3.63, 3.8) is 0 Å². The van der Waals surface area contributed by atoms with E-state index in [2.05, 4.69) is 24.5 Å². The molecule has 2 fully saturated rings. The fourth-order valence-electron chi connectivity index (χ4n) is 2.81. The van der Waals surface area contributed by atoms with Crippen molar-refractivity contribution in [3.8, 4) is 0 Å². The van der Waals surface area contributed by atoms with E-state index in [-0.39, 0.29) is 17.5 Å². The summed E-state index contributed by atoms with van der Waals surface area (Å²) in [7, 11) is 0. The van der Waals surface area contributed by atoms with Crippen molar-refractivity contribution in [2.24, 2.45) is 5.41 Å². The summed E-state index contributed by atoms with van der Waals surface area (Å²) in [6.07, 6.45) is 6.09. The molecule has 0 aromatic rings. The second kappa shape index (κ2) is 4.48. The van der Waals surface area contributed by atoms with Gasteiger partial charge < -0.3 is 15.7 Å². The molecule has 1 unspecified atom stereocenters. The van der Waals surface area contributed by atoms with Crippen molar-refractivity contribution in [2.45, 2.75) is 64.0 Å². The molecule has 2 rings (SSSR count). The molecule has 1 atom stereocenters. The van der Waals surface area contributed by atoms with Gasteiger partial charge in [-0.3, -0.25) is 0 Å². The lowest BCUT2D eigenvalue weighted by Crippen LogP contribution is -2.52. The molecule has 0 aromatic carbocycles. The van der Waals surface area contributed by atoms with Crippen molar-refractivity contribution in [3.05, 3.63) is 0 Å². The van der Waals surface area contributed by atoms with E-state index >= 15 is 0 Å². The van der Waals surface area contributed by atoms with E-state index in [9.17, 15) is 9.90 Å². The van der Waals surface area contributed by atoms with Gasteiger partial charge in [0.25, 0.3) is 0 Å². The number of carbonyl (C=O) groups excluding carboxylic acids is 1. The van der Waals surface area contributed by atoms with Gasteiger partial charge in [0.1, 0.15) is 0 Å². The van der Waals surface area contributed by atoms with E-state index in [1.165, 1.54) is 12.8 Å². The number of nitrogens with one attached hydrogen (secondary N) is 2. The van der Waals surface area contributed by atoms with Gasteiger partial charge in [0, 0.05) is 12.6 Å². The number of aliphatic hydroxyl groups is 1. The Hall–Kier alpha value is -0.770. The average Bonchev–Trinajstić information content (AvgIpc) is 2.53. The van der Waals surface area contributed by atoms with Crippen molar-refractivity contribution in [1.82, 2.24) is 10.6 Å². The molecule has 0 spiro atoms. The molecule has 0 aliphatic heterocycles. The molecule has 0 bridgehead atoms. The van der Waals surface area contributed by atoms with Crippen molar-refractivity contribution < 1.29 is 9.90 Å². The molecule has 2 amide bonds. The first-order valence-corrected chi connectivity index (χ1v) is 6.68. The van der Waals surface area contributed by atoms with Crippen LogP contribution in [0.1, 0.15) is 52.4 Å². The molecule has 3 N–H and O–H groups in total. The zero-order valence-corrected chi connectivity index (χ0v) is 10.9. The quantitative estimate of drug-likeness (QED) is 0.704. The molecule has 0 aromatic heterocycles. The number of carbonyl (C=O) groups is 1. The van der Waals surface area contributed by atoms with Gasteiger partial charge in [0.2, 0.25) is 0 Å². The summed E-state index contributed by atoms with van der Waals surface area (Å²) >= 11 is 0. The zero-order chi connectivity index (χ0) is 12.5. The Balaban J connectivity index is 1.73. The number of rotatable bonds is 3. The maximum absolute atomic E-state index is 11.7. The molecule has 98 valence electrons. The van der Waals surface area contributed by atoms with Gasteiger partial charge in [0.05, 0.1) is 5.60 Å².